The molecule has 0 N–H and O–H groups in total. The molecule has 2 aliphatic carbocycles. The Morgan fingerprint density at radius 3 is 2.27 bits per heavy atom. The summed E-state index contributed by atoms with van der Waals surface area (Å²) in [5.41, 5.74) is 4.40. The van der Waals surface area contributed by atoms with Gasteiger partial charge in [-0.05, 0) is 107 Å². The van der Waals surface area contributed by atoms with Crippen LogP contribution in [0, 0.1) is 24.7 Å². The van der Waals surface area contributed by atoms with Crippen LogP contribution in [0.25, 0.3) is 11.3 Å². The minimum atomic E-state index is -4.30. The van der Waals surface area contributed by atoms with Crippen molar-refractivity contribution in [3.8, 4) is 17.1 Å². The molecule has 1 unspecified atom stereocenters. The summed E-state index contributed by atoms with van der Waals surface area (Å²) in [4.78, 5) is 26.0. The highest BCUT2D eigenvalue weighted by atomic mass is 32.2. The third-order valence-corrected chi connectivity index (χ3v) is 13.3. The standard InChI is InChI=1S/C39H51N5O6S2/c1-25-12-10-13-26(2)34(25)32-17-33-41-36(40-32)43(24-49-9)52(47,48)31-15-11-14-27(16-31)35(45)44(30(23-50-33)20-37(3,4)5)29-21-39(22-29)18-28(19-39)42-51(46)38(6,7)8/h10-17,29-30H,18-24H2,1-9H3/t29?,30-,39?,51?/m1/s1. The van der Waals surface area contributed by atoms with Gasteiger partial charge < -0.3 is 14.4 Å². The molecule has 1 aromatic heterocycles. The van der Waals surface area contributed by atoms with Crippen molar-refractivity contribution in [3.63, 3.8) is 0 Å². The zero-order chi connectivity index (χ0) is 37.8. The highest BCUT2D eigenvalue weighted by Gasteiger charge is 2.55. The van der Waals surface area contributed by atoms with Crippen LogP contribution >= 0.6 is 0 Å². The molecule has 3 aliphatic rings. The van der Waals surface area contributed by atoms with Crippen LogP contribution < -0.4 is 9.04 Å². The Kier molecular flexibility index (Phi) is 10.2. The third kappa shape index (κ3) is 7.68. The summed E-state index contributed by atoms with van der Waals surface area (Å²) in [7, 11) is -4.20. The summed E-state index contributed by atoms with van der Waals surface area (Å²) >= 11 is 0. The van der Waals surface area contributed by atoms with Gasteiger partial charge in [-0.1, -0.05) is 45.0 Å². The number of carbonyl (C=O) groups is 1. The summed E-state index contributed by atoms with van der Waals surface area (Å²) in [6, 6.07) is 13.4. The number of hydrogen-bond donors (Lipinski definition) is 0. The molecule has 0 saturated heterocycles. The van der Waals surface area contributed by atoms with Crippen LogP contribution in [0.1, 0.15) is 95.1 Å². The number of anilines is 1. The van der Waals surface area contributed by atoms with Gasteiger partial charge in [-0.25, -0.2) is 21.9 Å². The Bertz CT molecular complexity index is 2000. The second kappa shape index (κ2) is 13.9. The van der Waals surface area contributed by atoms with Crippen molar-refractivity contribution in [2.75, 3.05) is 24.8 Å². The fourth-order valence-electron chi connectivity index (χ4n) is 7.68. The van der Waals surface area contributed by atoms with Crippen molar-refractivity contribution < 1.29 is 26.9 Å². The molecule has 3 aromatic rings. The molecule has 13 heteroatoms. The van der Waals surface area contributed by atoms with E-state index in [1.54, 1.807) is 18.2 Å². The lowest BCUT2D eigenvalue weighted by Gasteiger charge is -2.58. The number of benzene rings is 2. The van der Waals surface area contributed by atoms with Crippen LogP contribution in [0.4, 0.5) is 5.95 Å². The number of ether oxygens (including phenoxy) is 2. The van der Waals surface area contributed by atoms with Gasteiger partial charge in [0.05, 0.1) is 21.4 Å². The predicted molar refractivity (Wildman–Crippen MR) is 204 cm³/mol. The second-order valence-electron chi connectivity index (χ2n) is 16.8. The van der Waals surface area contributed by atoms with Crippen molar-refractivity contribution in [2.24, 2.45) is 15.2 Å². The first-order chi connectivity index (χ1) is 24.3. The van der Waals surface area contributed by atoms with Gasteiger partial charge in [0.1, 0.15) is 24.3 Å². The maximum atomic E-state index is 14.7. The Morgan fingerprint density at radius 1 is 1.00 bits per heavy atom. The summed E-state index contributed by atoms with van der Waals surface area (Å²) in [5.74, 6) is -0.135. The molecule has 4 bridgehead atoms. The Morgan fingerprint density at radius 2 is 1.65 bits per heavy atom. The number of nitrogens with zero attached hydrogens (tertiary/aromatic N) is 5. The molecule has 1 aliphatic heterocycles. The summed E-state index contributed by atoms with van der Waals surface area (Å²) in [6.07, 6.45) is 3.71. The molecule has 6 rings (SSSR count). The van der Waals surface area contributed by atoms with Crippen LogP contribution in [0.3, 0.4) is 0 Å². The quantitative estimate of drug-likeness (QED) is 0.262. The van der Waals surface area contributed by atoms with Crippen molar-refractivity contribution >= 4 is 38.6 Å². The van der Waals surface area contributed by atoms with Gasteiger partial charge >= 0.3 is 0 Å². The zero-order valence-electron chi connectivity index (χ0n) is 31.7. The van der Waals surface area contributed by atoms with E-state index in [4.69, 9.17) is 14.5 Å². The monoisotopic (exact) mass is 749 g/mol. The van der Waals surface area contributed by atoms with Gasteiger partial charge in [0, 0.05) is 36.1 Å². The zero-order valence-corrected chi connectivity index (χ0v) is 33.4. The number of carbonyl (C=O) groups excluding carboxylic acids is 1. The summed E-state index contributed by atoms with van der Waals surface area (Å²) in [5, 5.41) is 0. The minimum Gasteiger partial charge on any atom is -0.475 e. The van der Waals surface area contributed by atoms with Crippen LogP contribution in [0.5, 0.6) is 5.88 Å². The SMILES string of the molecule is COCN1c2nc(cc(-c3c(C)cccc3C)n2)OC[C@@H](CC(C)(C)C)N(C2CC3(CC(=NS(=O)C(C)(C)C)C3)C2)C(=O)c2cccc(c2)S1(=O)=O. The summed E-state index contributed by atoms with van der Waals surface area (Å²) < 4.78 is 58.5. The van der Waals surface area contributed by atoms with Gasteiger partial charge in [-0.3, -0.25) is 4.79 Å². The maximum Gasteiger partial charge on any atom is 0.268 e. The molecule has 1 amide bonds. The van der Waals surface area contributed by atoms with Crippen molar-refractivity contribution in [2.45, 2.75) is 109 Å². The van der Waals surface area contributed by atoms with E-state index in [-0.39, 0.29) is 64.4 Å². The van der Waals surface area contributed by atoms with Crippen LogP contribution in [0.2, 0.25) is 0 Å². The highest BCUT2D eigenvalue weighted by Crippen LogP contribution is 2.57. The molecular weight excluding hydrogens is 699 g/mol. The first-order valence-electron chi connectivity index (χ1n) is 17.8. The molecule has 280 valence electrons. The molecule has 2 fully saturated rings. The maximum absolute atomic E-state index is 14.7. The number of aromatic nitrogens is 2. The molecule has 0 radical (unpaired) electrons. The number of hydrogen-bond acceptors (Lipinski definition) is 8. The molecule has 11 nitrogen and oxygen atoms in total. The average Bonchev–Trinajstić information content (AvgIpc) is 3.02. The fourth-order valence-corrected chi connectivity index (χ4v) is 9.64. The Hall–Kier alpha value is -3.68. The van der Waals surface area contributed by atoms with Crippen LogP contribution in [-0.2, 0) is 25.7 Å². The van der Waals surface area contributed by atoms with Crippen LogP contribution in [-0.4, -0.2) is 76.4 Å². The average molecular weight is 750 g/mol. The number of aryl methyl sites for hydroxylation is 2. The predicted octanol–water partition coefficient (Wildman–Crippen LogP) is 7.04. The van der Waals surface area contributed by atoms with Gasteiger partial charge in [0.15, 0.2) is 0 Å². The fraction of sp³-hybridized carbons (Fsp3) is 0.538. The largest absolute Gasteiger partial charge is 0.475 e. The van der Waals surface area contributed by atoms with Gasteiger partial charge in [0.2, 0.25) is 11.8 Å². The molecule has 2 atom stereocenters. The number of methoxy groups -OCH3 is 1. The van der Waals surface area contributed by atoms with E-state index < -0.39 is 25.8 Å². The third-order valence-electron chi connectivity index (χ3n) is 10.1. The molecule has 1 spiro atoms. The lowest BCUT2D eigenvalue weighted by atomic mass is 9.52. The van der Waals surface area contributed by atoms with E-state index in [9.17, 15) is 17.4 Å². The number of sulfonamides is 1. The minimum absolute atomic E-state index is 0.00781. The van der Waals surface area contributed by atoms with E-state index in [2.05, 4.69) is 30.2 Å². The van der Waals surface area contributed by atoms with Crippen molar-refractivity contribution in [3.05, 3.63) is 65.2 Å². The lowest BCUT2D eigenvalue weighted by Crippen LogP contribution is -2.61. The number of rotatable bonds is 6. The van der Waals surface area contributed by atoms with E-state index in [1.165, 1.54) is 19.2 Å². The molecule has 2 aromatic carbocycles. The normalized spacial score (nSPS) is 23.8. The Labute approximate surface area is 310 Å². The van der Waals surface area contributed by atoms with Gasteiger partial charge in [0.25, 0.3) is 15.9 Å². The number of fused-ring (bicyclic) bond motifs is 4. The molecular formula is C39H51N5O6S2. The van der Waals surface area contributed by atoms with Gasteiger partial charge in [-0.15, -0.1) is 0 Å². The van der Waals surface area contributed by atoms with Crippen molar-refractivity contribution in [1.82, 2.24) is 14.9 Å². The van der Waals surface area contributed by atoms with E-state index in [0.29, 0.717) is 12.1 Å². The lowest BCUT2D eigenvalue weighted by molar-refractivity contribution is -0.0313. The Balaban J connectivity index is 1.44. The summed E-state index contributed by atoms with van der Waals surface area (Å²) in [6.45, 7) is 15.9. The second-order valence-corrected chi connectivity index (χ2v) is 20.6. The van der Waals surface area contributed by atoms with Crippen molar-refractivity contribution in [1.29, 1.82) is 0 Å². The highest BCUT2D eigenvalue weighted by molar-refractivity contribution is 7.92. The molecule has 2 saturated carbocycles. The van der Waals surface area contributed by atoms with E-state index >= 15 is 0 Å². The van der Waals surface area contributed by atoms with E-state index in [1.807, 2.05) is 57.7 Å². The first-order valence-corrected chi connectivity index (χ1v) is 20.4. The first kappa shape index (κ1) is 38.1. The van der Waals surface area contributed by atoms with Gasteiger partial charge in [-0.2, -0.15) is 9.38 Å². The smallest absolute Gasteiger partial charge is 0.268 e. The van der Waals surface area contributed by atoms with Crippen LogP contribution in [0.15, 0.2) is 57.8 Å². The number of amides is 1. The molecule has 2 heterocycles. The molecule has 52 heavy (non-hydrogen) atoms. The topological polar surface area (TPSA) is 131 Å². The van der Waals surface area contributed by atoms with E-state index in [0.717, 1.165) is 52.4 Å².